The van der Waals surface area contributed by atoms with Crippen LogP contribution in [0.3, 0.4) is 0 Å². The van der Waals surface area contributed by atoms with E-state index in [9.17, 15) is 8.42 Å². The van der Waals surface area contributed by atoms with Gasteiger partial charge in [0.2, 0.25) is 0 Å². The second kappa shape index (κ2) is 6.02. The third-order valence-electron chi connectivity index (χ3n) is 2.62. The molecule has 0 aliphatic heterocycles. The topological polar surface area (TPSA) is 88.9 Å². The molecule has 2 N–H and O–H groups in total. The number of pyridine rings is 1. The standard InChI is InChI=1S/C12H17N5O2S/c1-3-13-11-5-4-6-14-12(11)20(18,19)16-8-10-7-15-17(2)9-10/h4-7,9,13,16H,3,8H2,1-2H3. The van der Waals surface area contributed by atoms with Crippen LogP contribution in [0.15, 0.2) is 35.7 Å². The van der Waals surface area contributed by atoms with Gasteiger partial charge >= 0.3 is 0 Å². The molecule has 2 heterocycles. The summed E-state index contributed by atoms with van der Waals surface area (Å²) in [7, 11) is -1.88. The van der Waals surface area contributed by atoms with Gasteiger partial charge in [0.25, 0.3) is 10.0 Å². The maximum absolute atomic E-state index is 12.3. The Morgan fingerprint density at radius 1 is 1.40 bits per heavy atom. The van der Waals surface area contributed by atoms with E-state index in [1.165, 1.54) is 6.20 Å². The number of hydrogen-bond donors (Lipinski definition) is 2. The van der Waals surface area contributed by atoms with Crippen molar-refractivity contribution in [3.63, 3.8) is 0 Å². The Labute approximate surface area is 118 Å². The van der Waals surface area contributed by atoms with Gasteiger partial charge in [0.1, 0.15) is 0 Å². The van der Waals surface area contributed by atoms with Gasteiger partial charge < -0.3 is 5.32 Å². The minimum Gasteiger partial charge on any atom is -0.383 e. The molecule has 0 aliphatic rings. The van der Waals surface area contributed by atoms with Gasteiger partial charge in [-0.3, -0.25) is 4.68 Å². The van der Waals surface area contributed by atoms with E-state index in [0.29, 0.717) is 12.2 Å². The summed E-state index contributed by atoms with van der Waals surface area (Å²) in [6.07, 6.45) is 4.83. The van der Waals surface area contributed by atoms with Gasteiger partial charge in [-0.05, 0) is 19.1 Å². The van der Waals surface area contributed by atoms with Crippen molar-refractivity contribution in [2.75, 3.05) is 11.9 Å². The van der Waals surface area contributed by atoms with Crippen LogP contribution >= 0.6 is 0 Å². The third kappa shape index (κ3) is 3.34. The van der Waals surface area contributed by atoms with Crippen molar-refractivity contribution < 1.29 is 8.42 Å². The molecular weight excluding hydrogens is 278 g/mol. The number of aryl methyl sites for hydroxylation is 1. The first kappa shape index (κ1) is 14.5. The molecule has 0 atom stereocenters. The summed E-state index contributed by atoms with van der Waals surface area (Å²) in [5, 5.41) is 6.98. The molecule has 7 nitrogen and oxygen atoms in total. The van der Waals surface area contributed by atoms with Crippen LogP contribution < -0.4 is 10.0 Å². The second-order valence-electron chi connectivity index (χ2n) is 4.23. The van der Waals surface area contributed by atoms with Gasteiger partial charge in [-0.2, -0.15) is 5.10 Å². The number of hydrogen-bond acceptors (Lipinski definition) is 5. The molecule has 0 unspecified atom stereocenters. The molecule has 2 aromatic rings. The van der Waals surface area contributed by atoms with E-state index in [-0.39, 0.29) is 11.6 Å². The minimum absolute atomic E-state index is 0.00532. The Balaban J connectivity index is 2.18. The average molecular weight is 295 g/mol. The summed E-state index contributed by atoms with van der Waals surface area (Å²) in [6.45, 7) is 2.70. The van der Waals surface area contributed by atoms with Crippen LogP contribution in [0.4, 0.5) is 5.69 Å². The van der Waals surface area contributed by atoms with Crippen LogP contribution in [0.1, 0.15) is 12.5 Å². The van der Waals surface area contributed by atoms with Crippen molar-refractivity contribution in [3.8, 4) is 0 Å². The van der Waals surface area contributed by atoms with Crippen LogP contribution in [-0.2, 0) is 23.6 Å². The highest BCUT2D eigenvalue weighted by Crippen LogP contribution is 2.17. The van der Waals surface area contributed by atoms with E-state index in [1.54, 1.807) is 36.3 Å². The maximum atomic E-state index is 12.3. The predicted molar refractivity (Wildman–Crippen MR) is 75.6 cm³/mol. The van der Waals surface area contributed by atoms with E-state index >= 15 is 0 Å². The number of rotatable bonds is 6. The summed E-state index contributed by atoms with van der Waals surface area (Å²) in [5.74, 6) is 0. The van der Waals surface area contributed by atoms with Crippen molar-refractivity contribution in [1.82, 2.24) is 19.5 Å². The number of nitrogens with one attached hydrogen (secondary N) is 2. The zero-order valence-corrected chi connectivity index (χ0v) is 12.2. The highest BCUT2D eigenvalue weighted by Gasteiger charge is 2.19. The van der Waals surface area contributed by atoms with E-state index in [1.807, 2.05) is 6.92 Å². The first-order valence-electron chi connectivity index (χ1n) is 6.19. The summed E-state index contributed by atoms with van der Waals surface area (Å²) >= 11 is 0. The largest absolute Gasteiger partial charge is 0.383 e. The number of aromatic nitrogens is 3. The van der Waals surface area contributed by atoms with E-state index in [2.05, 4.69) is 20.1 Å². The molecule has 0 saturated heterocycles. The van der Waals surface area contributed by atoms with Gasteiger partial charge in [0.15, 0.2) is 5.03 Å². The third-order valence-corrected chi connectivity index (χ3v) is 3.98. The second-order valence-corrected chi connectivity index (χ2v) is 5.92. The Bertz CT molecular complexity index is 681. The summed E-state index contributed by atoms with van der Waals surface area (Å²) < 4.78 is 28.7. The fourth-order valence-corrected chi connectivity index (χ4v) is 2.86. The molecule has 0 saturated carbocycles. The summed E-state index contributed by atoms with van der Waals surface area (Å²) in [6, 6.07) is 3.38. The Morgan fingerprint density at radius 3 is 2.85 bits per heavy atom. The van der Waals surface area contributed by atoms with Crippen LogP contribution in [0.5, 0.6) is 0 Å². The molecule has 0 fully saturated rings. The highest BCUT2D eigenvalue weighted by atomic mass is 32.2. The predicted octanol–water partition coefficient (Wildman–Crippen LogP) is 0.725. The molecule has 20 heavy (non-hydrogen) atoms. The monoisotopic (exact) mass is 295 g/mol. The van der Waals surface area contributed by atoms with E-state index in [4.69, 9.17) is 0 Å². The molecule has 2 rings (SSSR count). The lowest BCUT2D eigenvalue weighted by Gasteiger charge is -2.10. The fourth-order valence-electron chi connectivity index (χ4n) is 1.74. The molecule has 0 amide bonds. The highest BCUT2D eigenvalue weighted by molar-refractivity contribution is 7.89. The quantitative estimate of drug-likeness (QED) is 0.820. The minimum atomic E-state index is -3.66. The fraction of sp³-hybridized carbons (Fsp3) is 0.333. The molecule has 0 aromatic carbocycles. The normalized spacial score (nSPS) is 11.5. The lowest BCUT2D eigenvalue weighted by atomic mass is 10.4. The van der Waals surface area contributed by atoms with Crippen LogP contribution in [0.25, 0.3) is 0 Å². The Morgan fingerprint density at radius 2 is 2.20 bits per heavy atom. The van der Waals surface area contributed by atoms with Crippen molar-refractivity contribution in [1.29, 1.82) is 0 Å². The lowest BCUT2D eigenvalue weighted by molar-refractivity contribution is 0.578. The van der Waals surface area contributed by atoms with Gasteiger partial charge in [-0.25, -0.2) is 18.1 Å². The van der Waals surface area contributed by atoms with Gasteiger partial charge in [0, 0.05) is 38.1 Å². The Hall–Kier alpha value is -1.93. The van der Waals surface area contributed by atoms with Crippen molar-refractivity contribution in [3.05, 3.63) is 36.3 Å². The van der Waals surface area contributed by atoms with Crippen molar-refractivity contribution in [2.45, 2.75) is 18.5 Å². The number of nitrogens with zero attached hydrogens (tertiary/aromatic N) is 3. The molecule has 2 aromatic heterocycles. The van der Waals surface area contributed by atoms with Crippen LogP contribution in [0.2, 0.25) is 0 Å². The van der Waals surface area contributed by atoms with E-state index < -0.39 is 10.0 Å². The van der Waals surface area contributed by atoms with Crippen molar-refractivity contribution in [2.24, 2.45) is 7.05 Å². The molecule has 0 radical (unpaired) electrons. The molecule has 0 bridgehead atoms. The number of sulfonamides is 1. The maximum Gasteiger partial charge on any atom is 0.260 e. The molecule has 0 aliphatic carbocycles. The molecule has 108 valence electrons. The van der Waals surface area contributed by atoms with Gasteiger partial charge in [-0.1, -0.05) is 0 Å². The zero-order chi connectivity index (χ0) is 14.6. The summed E-state index contributed by atoms with van der Waals surface area (Å²) in [5.41, 5.74) is 1.28. The molecular formula is C12H17N5O2S. The lowest BCUT2D eigenvalue weighted by Crippen LogP contribution is -2.25. The molecule has 0 spiro atoms. The Kier molecular flexibility index (Phi) is 4.35. The van der Waals surface area contributed by atoms with E-state index in [0.717, 1.165) is 5.56 Å². The smallest absolute Gasteiger partial charge is 0.260 e. The summed E-state index contributed by atoms with van der Waals surface area (Å²) in [4.78, 5) is 3.95. The van der Waals surface area contributed by atoms with Gasteiger partial charge in [0.05, 0.1) is 11.9 Å². The van der Waals surface area contributed by atoms with Gasteiger partial charge in [-0.15, -0.1) is 0 Å². The number of anilines is 1. The zero-order valence-electron chi connectivity index (χ0n) is 11.4. The first-order valence-corrected chi connectivity index (χ1v) is 7.67. The first-order chi connectivity index (χ1) is 9.53. The van der Waals surface area contributed by atoms with Crippen LogP contribution in [-0.4, -0.2) is 29.7 Å². The average Bonchev–Trinajstić information content (AvgIpc) is 2.83. The van der Waals surface area contributed by atoms with Crippen molar-refractivity contribution >= 4 is 15.7 Å². The SMILES string of the molecule is CCNc1cccnc1S(=O)(=O)NCc1cnn(C)c1. The molecule has 8 heteroatoms. The van der Waals surface area contributed by atoms with Crippen LogP contribution in [0, 0.1) is 0 Å².